The van der Waals surface area contributed by atoms with Crippen LogP contribution in [0, 0.1) is 13.8 Å². The Morgan fingerprint density at radius 2 is 1.93 bits per heavy atom. The summed E-state index contributed by atoms with van der Waals surface area (Å²) in [7, 11) is 0. The zero-order valence-electron chi connectivity index (χ0n) is 16.8. The van der Waals surface area contributed by atoms with Gasteiger partial charge in [0.2, 0.25) is 0 Å². The fourth-order valence-electron chi connectivity index (χ4n) is 3.92. The zero-order chi connectivity index (χ0) is 20.4. The molecule has 2 aromatic rings. The van der Waals surface area contributed by atoms with Crippen molar-refractivity contribution in [2.24, 2.45) is 0 Å². The number of likely N-dealkylation sites (tertiary alicyclic amines) is 1. The topological polar surface area (TPSA) is 43.7 Å². The van der Waals surface area contributed by atoms with E-state index in [2.05, 4.69) is 9.47 Å². The first-order chi connectivity index (χ1) is 14.0. The van der Waals surface area contributed by atoms with Gasteiger partial charge in [-0.3, -0.25) is 4.79 Å². The molecule has 154 valence electrons. The van der Waals surface area contributed by atoms with E-state index in [-0.39, 0.29) is 11.9 Å². The number of fused-ring (bicyclic) bond motifs is 1. The van der Waals surface area contributed by atoms with Crippen LogP contribution in [0.1, 0.15) is 34.6 Å². The van der Waals surface area contributed by atoms with Crippen molar-refractivity contribution in [1.29, 1.82) is 0 Å². The molecule has 5 nitrogen and oxygen atoms in total. The Bertz CT molecular complexity index is 919. The van der Waals surface area contributed by atoms with Crippen molar-refractivity contribution in [3.8, 4) is 11.5 Å². The Kier molecular flexibility index (Phi) is 6.15. The first-order valence-corrected chi connectivity index (χ1v) is 11.4. The molecule has 0 bridgehead atoms. The number of rotatable bonds is 5. The van der Waals surface area contributed by atoms with E-state index in [0.717, 1.165) is 45.9 Å². The van der Waals surface area contributed by atoms with Crippen LogP contribution in [0.3, 0.4) is 0 Å². The van der Waals surface area contributed by atoms with Crippen LogP contribution in [0.5, 0.6) is 11.5 Å². The molecule has 2 aliphatic rings. The van der Waals surface area contributed by atoms with Crippen molar-refractivity contribution < 1.29 is 14.3 Å². The molecule has 1 fully saturated rings. The van der Waals surface area contributed by atoms with Gasteiger partial charge in [0.15, 0.2) is 23.4 Å². The first kappa shape index (κ1) is 20.3. The average Bonchev–Trinajstić information content (AvgIpc) is 3.36. The van der Waals surface area contributed by atoms with E-state index in [1.165, 1.54) is 24.6 Å². The highest BCUT2D eigenvalue weighted by molar-refractivity contribution is 8.23. The minimum absolute atomic E-state index is 0.0882. The molecule has 0 saturated carbocycles. The van der Waals surface area contributed by atoms with Crippen LogP contribution in [0.4, 0.5) is 0 Å². The van der Waals surface area contributed by atoms with E-state index in [9.17, 15) is 4.79 Å². The van der Waals surface area contributed by atoms with Crippen molar-refractivity contribution in [3.63, 3.8) is 0 Å². The second-order valence-corrected chi connectivity index (χ2v) is 9.17. The van der Waals surface area contributed by atoms with E-state index < -0.39 is 0 Å². The number of para-hydroxylation sites is 2. The number of Topliss-reactive ketones (excluding diaryl/α,β-unsaturated/α-hetero) is 1. The Hall–Kier alpha value is -1.99. The quantitative estimate of drug-likeness (QED) is 0.522. The van der Waals surface area contributed by atoms with Gasteiger partial charge in [0.05, 0.1) is 12.3 Å². The molecule has 1 atom stereocenters. The molecular weight excluding hydrogens is 404 g/mol. The molecule has 0 spiro atoms. The predicted molar refractivity (Wildman–Crippen MR) is 120 cm³/mol. The van der Waals surface area contributed by atoms with E-state index in [1.54, 1.807) is 0 Å². The van der Waals surface area contributed by atoms with E-state index in [1.807, 2.05) is 44.2 Å². The normalized spacial score (nSPS) is 18.1. The molecular formula is C22H26N2O3S2. The zero-order valence-corrected chi connectivity index (χ0v) is 18.5. The lowest BCUT2D eigenvalue weighted by Gasteiger charge is -2.27. The third kappa shape index (κ3) is 4.46. The molecule has 0 N–H and O–H groups in total. The van der Waals surface area contributed by atoms with Crippen molar-refractivity contribution in [2.45, 2.75) is 39.3 Å². The number of carbonyl (C=O) groups is 1. The largest absolute Gasteiger partial charge is 0.486 e. The molecule has 0 amide bonds. The second kappa shape index (κ2) is 8.79. The van der Waals surface area contributed by atoms with Crippen LogP contribution in [-0.4, -0.2) is 51.1 Å². The fourth-order valence-corrected chi connectivity index (χ4v) is 5.05. The van der Waals surface area contributed by atoms with E-state index in [0.29, 0.717) is 18.9 Å². The maximum atomic E-state index is 12.8. The van der Waals surface area contributed by atoms with E-state index >= 15 is 0 Å². The summed E-state index contributed by atoms with van der Waals surface area (Å²) in [5.74, 6) is 2.07. The molecule has 29 heavy (non-hydrogen) atoms. The van der Waals surface area contributed by atoms with Crippen molar-refractivity contribution in [2.75, 3.05) is 25.4 Å². The Balaban J connectivity index is 1.40. The van der Waals surface area contributed by atoms with Crippen molar-refractivity contribution in [1.82, 2.24) is 9.47 Å². The number of hydrogen-bond acceptors (Lipinski definition) is 5. The molecule has 0 radical (unpaired) electrons. The highest BCUT2D eigenvalue weighted by atomic mass is 32.2. The van der Waals surface area contributed by atoms with E-state index in [4.69, 9.17) is 21.7 Å². The van der Waals surface area contributed by atoms with Gasteiger partial charge in [-0.05, 0) is 44.9 Å². The molecule has 1 aromatic carbocycles. The summed E-state index contributed by atoms with van der Waals surface area (Å²) in [5.41, 5.74) is 2.81. The summed E-state index contributed by atoms with van der Waals surface area (Å²) in [6.07, 6.45) is 2.29. The standard InChI is InChI=1S/C22H26N2O3S2/c1-15-11-18(19(25)14-29-22(28)23-9-5-6-10-23)16(2)24(15)12-17-13-26-20-7-3-4-8-21(20)27-17/h3-4,7-8,11,17H,5-6,9-10,12-14H2,1-2H3/t17-/m1/s1. The summed E-state index contributed by atoms with van der Waals surface area (Å²) in [6, 6.07) is 9.70. The smallest absolute Gasteiger partial charge is 0.174 e. The number of carbonyl (C=O) groups excluding carboxylic acids is 1. The lowest BCUT2D eigenvalue weighted by atomic mass is 10.2. The van der Waals surface area contributed by atoms with Gasteiger partial charge >= 0.3 is 0 Å². The van der Waals surface area contributed by atoms with Gasteiger partial charge in [0.25, 0.3) is 0 Å². The van der Waals surface area contributed by atoms with Gasteiger partial charge in [-0.1, -0.05) is 36.1 Å². The van der Waals surface area contributed by atoms with Crippen LogP contribution < -0.4 is 9.47 Å². The van der Waals surface area contributed by atoms with Gasteiger partial charge in [0.1, 0.15) is 10.9 Å². The van der Waals surface area contributed by atoms with Crippen LogP contribution >= 0.6 is 24.0 Å². The van der Waals surface area contributed by atoms with Gasteiger partial charge in [0, 0.05) is 30.0 Å². The highest BCUT2D eigenvalue weighted by Gasteiger charge is 2.24. The number of hydrogen-bond donors (Lipinski definition) is 0. The molecule has 0 unspecified atom stereocenters. The van der Waals surface area contributed by atoms with Crippen LogP contribution in [0.2, 0.25) is 0 Å². The Labute approximate surface area is 181 Å². The number of ether oxygens (including phenoxy) is 2. The maximum absolute atomic E-state index is 12.8. The molecule has 1 saturated heterocycles. The van der Waals surface area contributed by atoms with Crippen molar-refractivity contribution >= 4 is 34.1 Å². The summed E-state index contributed by atoms with van der Waals surface area (Å²) in [6.45, 7) is 7.21. The summed E-state index contributed by atoms with van der Waals surface area (Å²) in [4.78, 5) is 15.0. The number of aryl methyl sites for hydroxylation is 1. The molecule has 4 rings (SSSR count). The third-order valence-corrected chi connectivity index (χ3v) is 7.04. The van der Waals surface area contributed by atoms with Gasteiger partial charge in [-0.25, -0.2) is 0 Å². The van der Waals surface area contributed by atoms with Crippen LogP contribution in [-0.2, 0) is 6.54 Å². The van der Waals surface area contributed by atoms with Crippen molar-refractivity contribution in [3.05, 3.63) is 47.3 Å². The predicted octanol–water partition coefficient (Wildman–Crippen LogP) is 4.24. The maximum Gasteiger partial charge on any atom is 0.174 e. The minimum atomic E-state index is -0.0882. The number of benzene rings is 1. The third-order valence-electron chi connectivity index (χ3n) is 5.52. The van der Waals surface area contributed by atoms with Gasteiger partial charge in [-0.2, -0.15) is 0 Å². The molecule has 7 heteroatoms. The highest BCUT2D eigenvalue weighted by Crippen LogP contribution is 2.31. The number of aromatic nitrogens is 1. The number of ketones is 1. The summed E-state index contributed by atoms with van der Waals surface area (Å²) >= 11 is 6.97. The second-order valence-electron chi connectivity index (χ2n) is 7.56. The first-order valence-electron chi connectivity index (χ1n) is 10.0. The Morgan fingerprint density at radius 3 is 2.69 bits per heavy atom. The van der Waals surface area contributed by atoms with Crippen LogP contribution in [0.15, 0.2) is 30.3 Å². The molecule has 1 aromatic heterocycles. The molecule has 3 heterocycles. The lowest BCUT2D eigenvalue weighted by molar-refractivity contribution is 0.0777. The molecule has 0 aliphatic carbocycles. The fraction of sp³-hybridized carbons (Fsp3) is 0.455. The van der Waals surface area contributed by atoms with Crippen LogP contribution in [0.25, 0.3) is 0 Å². The average molecular weight is 431 g/mol. The lowest BCUT2D eigenvalue weighted by Crippen LogP contribution is -2.33. The van der Waals surface area contributed by atoms with Gasteiger partial charge < -0.3 is 18.9 Å². The number of nitrogens with zero attached hydrogens (tertiary/aromatic N) is 2. The Morgan fingerprint density at radius 1 is 1.21 bits per heavy atom. The van der Waals surface area contributed by atoms with Gasteiger partial charge in [-0.15, -0.1) is 0 Å². The SMILES string of the molecule is Cc1cc(C(=O)CSC(=S)N2CCCC2)c(C)n1C[C@@H]1COc2ccccc2O1. The number of thioether (sulfide) groups is 1. The number of thiocarbonyl (C=S) groups is 1. The monoisotopic (exact) mass is 430 g/mol. The summed E-state index contributed by atoms with van der Waals surface area (Å²) < 4.78 is 14.9. The minimum Gasteiger partial charge on any atom is -0.486 e. The molecule has 2 aliphatic heterocycles. The summed E-state index contributed by atoms with van der Waals surface area (Å²) in [5, 5.41) is 0.